The molecule has 0 saturated heterocycles. The number of hydrogen-bond acceptors (Lipinski definition) is 2. The van der Waals surface area contributed by atoms with Gasteiger partial charge in [0.1, 0.15) is 5.15 Å². The van der Waals surface area contributed by atoms with E-state index in [1.807, 2.05) is 32.0 Å². The lowest BCUT2D eigenvalue weighted by molar-refractivity contribution is 0.668. The molecule has 15 heavy (non-hydrogen) atoms. The summed E-state index contributed by atoms with van der Waals surface area (Å²) in [6, 6.07) is 6.01. The Hall–Kier alpha value is -1.06. The second kappa shape index (κ2) is 3.83. The molecule has 80 valence electrons. The molecule has 0 aliphatic heterocycles. The molecule has 2 rings (SSSR count). The fourth-order valence-electron chi connectivity index (χ4n) is 1.61. The maximum Gasteiger partial charge on any atom is 0.134 e. The minimum Gasteiger partial charge on any atom is -0.324 e. The summed E-state index contributed by atoms with van der Waals surface area (Å²) < 4.78 is 1.79. The molecule has 0 saturated carbocycles. The van der Waals surface area contributed by atoms with Gasteiger partial charge >= 0.3 is 0 Å². The van der Waals surface area contributed by atoms with Gasteiger partial charge in [-0.2, -0.15) is 5.10 Å². The predicted octanol–water partition coefficient (Wildman–Crippen LogP) is 2.73. The van der Waals surface area contributed by atoms with Crippen LogP contribution in [0, 0.1) is 0 Å². The number of nitrogens with two attached hydrogens (primary N) is 1. The third-order valence-electron chi connectivity index (χ3n) is 2.52. The van der Waals surface area contributed by atoms with E-state index in [9.17, 15) is 0 Å². The summed E-state index contributed by atoms with van der Waals surface area (Å²) >= 11 is 6.16. The largest absolute Gasteiger partial charge is 0.324 e. The first kappa shape index (κ1) is 10.5. The van der Waals surface area contributed by atoms with Gasteiger partial charge in [0.2, 0.25) is 0 Å². The van der Waals surface area contributed by atoms with Gasteiger partial charge in [-0.1, -0.05) is 17.7 Å². The monoisotopic (exact) mass is 223 g/mol. The number of rotatable bonds is 2. The SMILES string of the molecule is CCn1nc2cc(C(C)N)ccc2c1Cl. The molecule has 1 aromatic heterocycles. The van der Waals surface area contributed by atoms with Gasteiger partial charge in [0, 0.05) is 18.0 Å². The highest BCUT2D eigenvalue weighted by Crippen LogP contribution is 2.25. The number of benzene rings is 1. The van der Waals surface area contributed by atoms with Crippen LogP contribution < -0.4 is 5.73 Å². The van der Waals surface area contributed by atoms with Gasteiger partial charge in [0.25, 0.3) is 0 Å². The Morgan fingerprint density at radius 3 is 2.87 bits per heavy atom. The molecule has 0 aliphatic rings. The van der Waals surface area contributed by atoms with Gasteiger partial charge in [-0.3, -0.25) is 4.68 Å². The topological polar surface area (TPSA) is 43.8 Å². The number of fused-ring (bicyclic) bond motifs is 1. The molecule has 0 fully saturated rings. The second-order valence-corrected chi connectivity index (χ2v) is 4.03. The summed E-state index contributed by atoms with van der Waals surface area (Å²) in [4.78, 5) is 0. The Morgan fingerprint density at radius 2 is 2.27 bits per heavy atom. The highest BCUT2D eigenvalue weighted by Gasteiger charge is 2.09. The van der Waals surface area contributed by atoms with Crippen molar-refractivity contribution in [3.8, 4) is 0 Å². The molecule has 2 N–H and O–H groups in total. The Kier molecular flexibility index (Phi) is 2.67. The van der Waals surface area contributed by atoms with Gasteiger partial charge in [0.05, 0.1) is 5.52 Å². The average Bonchev–Trinajstić information content (AvgIpc) is 2.55. The number of hydrogen-bond donors (Lipinski definition) is 1. The molecule has 1 atom stereocenters. The zero-order chi connectivity index (χ0) is 11.0. The minimum absolute atomic E-state index is 0.0277. The van der Waals surface area contributed by atoms with Crippen LogP contribution in [0.4, 0.5) is 0 Å². The van der Waals surface area contributed by atoms with Crippen LogP contribution in [0.3, 0.4) is 0 Å². The van der Waals surface area contributed by atoms with Crippen molar-refractivity contribution in [2.75, 3.05) is 0 Å². The summed E-state index contributed by atoms with van der Waals surface area (Å²) in [5.41, 5.74) is 7.81. The van der Waals surface area contributed by atoms with Crippen molar-refractivity contribution >= 4 is 22.5 Å². The lowest BCUT2D eigenvalue weighted by Crippen LogP contribution is -2.04. The van der Waals surface area contributed by atoms with Crippen molar-refractivity contribution in [1.29, 1.82) is 0 Å². The number of aryl methyl sites for hydroxylation is 1. The molecule has 2 aromatic rings. The standard InChI is InChI=1S/C11H14ClN3/c1-3-15-11(12)9-5-4-8(7(2)13)6-10(9)14-15/h4-7H,3,13H2,1-2H3. The van der Waals surface area contributed by atoms with Gasteiger partial charge in [-0.25, -0.2) is 0 Å². The Balaban J connectivity index is 2.63. The van der Waals surface area contributed by atoms with E-state index in [-0.39, 0.29) is 6.04 Å². The van der Waals surface area contributed by atoms with Gasteiger partial charge in [-0.05, 0) is 31.5 Å². The van der Waals surface area contributed by atoms with E-state index < -0.39 is 0 Å². The van der Waals surface area contributed by atoms with Crippen molar-refractivity contribution < 1.29 is 0 Å². The first-order chi connectivity index (χ1) is 7.13. The molecule has 0 amide bonds. The molecule has 0 aliphatic carbocycles. The van der Waals surface area contributed by atoms with Crippen LogP contribution in [0.2, 0.25) is 5.15 Å². The smallest absolute Gasteiger partial charge is 0.134 e. The van der Waals surface area contributed by atoms with Crippen LogP contribution >= 0.6 is 11.6 Å². The average molecular weight is 224 g/mol. The van der Waals surface area contributed by atoms with E-state index >= 15 is 0 Å². The molecule has 0 spiro atoms. The van der Waals surface area contributed by atoms with E-state index in [2.05, 4.69) is 5.10 Å². The van der Waals surface area contributed by atoms with Crippen LogP contribution in [-0.2, 0) is 6.54 Å². The van der Waals surface area contributed by atoms with Crippen LogP contribution in [-0.4, -0.2) is 9.78 Å². The third kappa shape index (κ3) is 1.73. The third-order valence-corrected chi connectivity index (χ3v) is 2.92. The Bertz CT molecular complexity index is 488. The van der Waals surface area contributed by atoms with Crippen molar-refractivity contribution in [1.82, 2.24) is 9.78 Å². The van der Waals surface area contributed by atoms with E-state index in [0.717, 1.165) is 23.0 Å². The van der Waals surface area contributed by atoms with Crippen LogP contribution in [0.15, 0.2) is 18.2 Å². The molecule has 3 nitrogen and oxygen atoms in total. The van der Waals surface area contributed by atoms with Gasteiger partial charge < -0.3 is 5.73 Å². The molecular formula is C11H14ClN3. The van der Waals surface area contributed by atoms with Crippen LogP contribution in [0.1, 0.15) is 25.5 Å². The van der Waals surface area contributed by atoms with E-state index in [0.29, 0.717) is 5.15 Å². The highest BCUT2D eigenvalue weighted by molar-refractivity contribution is 6.34. The summed E-state index contributed by atoms with van der Waals surface area (Å²) in [7, 11) is 0. The Morgan fingerprint density at radius 1 is 1.53 bits per heavy atom. The fraction of sp³-hybridized carbons (Fsp3) is 0.364. The predicted molar refractivity (Wildman–Crippen MR) is 63.0 cm³/mol. The van der Waals surface area contributed by atoms with E-state index in [1.54, 1.807) is 4.68 Å². The fourth-order valence-corrected chi connectivity index (χ4v) is 1.93. The van der Waals surface area contributed by atoms with E-state index in [4.69, 9.17) is 17.3 Å². The molecular weight excluding hydrogens is 210 g/mol. The quantitative estimate of drug-likeness (QED) is 0.851. The van der Waals surface area contributed by atoms with Crippen molar-refractivity contribution in [3.05, 3.63) is 28.9 Å². The summed E-state index contributed by atoms with van der Waals surface area (Å²) in [5.74, 6) is 0. The van der Waals surface area contributed by atoms with Crippen molar-refractivity contribution in [2.45, 2.75) is 26.4 Å². The van der Waals surface area contributed by atoms with Crippen LogP contribution in [0.25, 0.3) is 10.9 Å². The minimum atomic E-state index is 0.0277. The molecule has 0 bridgehead atoms. The van der Waals surface area contributed by atoms with Crippen molar-refractivity contribution in [3.63, 3.8) is 0 Å². The number of aromatic nitrogens is 2. The van der Waals surface area contributed by atoms with Gasteiger partial charge in [0.15, 0.2) is 0 Å². The van der Waals surface area contributed by atoms with Crippen LogP contribution in [0.5, 0.6) is 0 Å². The first-order valence-corrected chi connectivity index (χ1v) is 5.42. The Labute approximate surface area is 93.8 Å². The number of nitrogens with zero attached hydrogens (tertiary/aromatic N) is 2. The maximum atomic E-state index is 6.16. The zero-order valence-electron chi connectivity index (χ0n) is 8.87. The summed E-state index contributed by atoms with van der Waals surface area (Å²) in [6.45, 7) is 4.75. The molecule has 4 heteroatoms. The summed E-state index contributed by atoms with van der Waals surface area (Å²) in [5, 5.41) is 6.09. The molecule has 1 unspecified atom stereocenters. The van der Waals surface area contributed by atoms with E-state index in [1.165, 1.54) is 0 Å². The molecule has 1 aromatic carbocycles. The first-order valence-electron chi connectivity index (χ1n) is 5.05. The lowest BCUT2D eigenvalue weighted by atomic mass is 10.1. The zero-order valence-corrected chi connectivity index (χ0v) is 9.62. The molecule has 0 radical (unpaired) electrons. The van der Waals surface area contributed by atoms with Gasteiger partial charge in [-0.15, -0.1) is 0 Å². The number of halogens is 1. The normalized spacial score (nSPS) is 13.3. The van der Waals surface area contributed by atoms with Crippen molar-refractivity contribution in [2.24, 2.45) is 5.73 Å². The maximum absolute atomic E-state index is 6.16. The summed E-state index contributed by atoms with van der Waals surface area (Å²) in [6.07, 6.45) is 0. The highest BCUT2D eigenvalue weighted by atomic mass is 35.5. The lowest BCUT2D eigenvalue weighted by Gasteiger charge is -2.03. The molecule has 1 heterocycles. The second-order valence-electron chi connectivity index (χ2n) is 3.67.